The van der Waals surface area contributed by atoms with Crippen LogP contribution in [0.5, 0.6) is 5.75 Å². The van der Waals surface area contributed by atoms with Crippen LogP contribution < -0.4 is 27.4 Å². The van der Waals surface area contributed by atoms with Crippen LogP contribution in [0.15, 0.2) is 24.3 Å². The third-order valence-electron chi connectivity index (χ3n) is 5.70. The Morgan fingerprint density at radius 3 is 2.00 bits per heavy atom. The van der Waals surface area contributed by atoms with Crippen molar-refractivity contribution in [2.45, 2.75) is 83.1 Å². The number of carboxylic acid groups (broad SMARTS) is 1. The van der Waals surface area contributed by atoms with Crippen molar-refractivity contribution < 1.29 is 34.5 Å². The fourth-order valence-electron chi connectivity index (χ4n) is 3.64. The van der Waals surface area contributed by atoms with Crippen molar-refractivity contribution >= 4 is 23.7 Å². The summed E-state index contributed by atoms with van der Waals surface area (Å²) in [5.74, 6) is -3.28. The van der Waals surface area contributed by atoms with Crippen LogP contribution in [-0.4, -0.2) is 75.8 Å². The molecule has 0 fully saturated rings. The van der Waals surface area contributed by atoms with Crippen LogP contribution >= 0.6 is 0 Å². The number of carbonyl (C=O) groups excluding carboxylic acids is 3. The maximum absolute atomic E-state index is 13.1. The topological polar surface area (TPSA) is 217 Å². The van der Waals surface area contributed by atoms with Crippen molar-refractivity contribution in [3.05, 3.63) is 29.8 Å². The largest absolute Gasteiger partial charge is 0.508 e. The molecule has 0 aliphatic carbocycles. The number of amides is 3. The van der Waals surface area contributed by atoms with Crippen LogP contribution in [0.25, 0.3) is 0 Å². The highest BCUT2D eigenvalue weighted by Crippen LogP contribution is 2.12. The van der Waals surface area contributed by atoms with E-state index in [1.807, 2.05) is 13.8 Å². The van der Waals surface area contributed by atoms with Gasteiger partial charge in [0.25, 0.3) is 0 Å². The second kappa shape index (κ2) is 15.8. The monoisotopic (exact) mass is 523 g/mol. The number of aromatic hydroxyl groups is 1. The number of benzene rings is 1. The number of phenols is 1. The van der Waals surface area contributed by atoms with E-state index in [-0.39, 0.29) is 24.5 Å². The zero-order valence-corrected chi connectivity index (χ0v) is 21.6. The Kier molecular flexibility index (Phi) is 13.6. The number of aliphatic hydroxyl groups excluding tert-OH is 1. The van der Waals surface area contributed by atoms with Crippen LogP contribution in [0.4, 0.5) is 0 Å². The van der Waals surface area contributed by atoms with Gasteiger partial charge in [0.1, 0.15) is 23.9 Å². The zero-order chi connectivity index (χ0) is 28.1. The molecule has 1 aromatic carbocycles. The first kappa shape index (κ1) is 31.8. The van der Waals surface area contributed by atoms with Gasteiger partial charge in [-0.2, -0.15) is 0 Å². The lowest BCUT2D eigenvalue weighted by Gasteiger charge is -2.27. The maximum Gasteiger partial charge on any atom is 0.326 e. The highest BCUT2D eigenvalue weighted by Gasteiger charge is 2.32. The number of aliphatic carboxylic acids is 1. The van der Waals surface area contributed by atoms with Gasteiger partial charge in [0.05, 0.1) is 12.1 Å². The van der Waals surface area contributed by atoms with Gasteiger partial charge in [-0.3, -0.25) is 14.4 Å². The summed E-state index contributed by atoms with van der Waals surface area (Å²) >= 11 is 0. The molecule has 1 aromatic rings. The van der Waals surface area contributed by atoms with Gasteiger partial charge in [-0.15, -0.1) is 0 Å². The molecule has 12 nitrogen and oxygen atoms in total. The molecule has 0 radical (unpaired) electrons. The van der Waals surface area contributed by atoms with Gasteiger partial charge < -0.3 is 42.7 Å². The summed E-state index contributed by atoms with van der Waals surface area (Å²) in [5.41, 5.74) is 12.0. The van der Waals surface area contributed by atoms with E-state index in [2.05, 4.69) is 16.0 Å². The molecule has 0 saturated heterocycles. The molecular formula is C25H41N5O7. The van der Waals surface area contributed by atoms with E-state index in [1.54, 1.807) is 0 Å². The van der Waals surface area contributed by atoms with E-state index in [0.29, 0.717) is 31.4 Å². The Labute approximate surface area is 217 Å². The van der Waals surface area contributed by atoms with Crippen LogP contribution in [0.1, 0.15) is 52.0 Å². The van der Waals surface area contributed by atoms with Crippen LogP contribution in [0.3, 0.4) is 0 Å². The van der Waals surface area contributed by atoms with Gasteiger partial charge in [-0.1, -0.05) is 26.0 Å². The highest BCUT2D eigenvalue weighted by atomic mass is 16.4. The fraction of sp³-hybridized carbons (Fsp3) is 0.600. The van der Waals surface area contributed by atoms with E-state index in [9.17, 15) is 34.5 Å². The molecule has 5 atom stereocenters. The molecule has 0 spiro atoms. The molecule has 10 N–H and O–H groups in total. The summed E-state index contributed by atoms with van der Waals surface area (Å²) in [6.45, 7) is 5.50. The van der Waals surface area contributed by atoms with Crippen LogP contribution in [0.2, 0.25) is 0 Å². The number of aliphatic hydroxyl groups is 1. The average Bonchev–Trinajstić information content (AvgIpc) is 2.81. The van der Waals surface area contributed by atoms with Crippen molar-refractivity contribution in [2.75, 3.05) is 6.54 Å². The lowest BCUT2D eigenvalue weighted by Crippen LogP contribution is -2.60. The third-order valence-corrected chi connectivity index (χ3v) is 5.70. The van der Waals surface area contributed by atoms with Gasteiger partial charge in [0.2, 0.25) is 17.7 Å². The lowest BCUT2D eigenvalue weighted by atomic mass is 10.0. The summed E-state index contributed by atoms with van der Waals surface area (Å²) in [6, 6.07) is 1.13. The minimum Gasteiger partial charge on any atom is -0.508 e. The fourth-order valence-corrected chi connectivity index (χ4v) is 3.64. The van der Waals surface area contributed by atoms with Crippen molar-refractivity contribution in [1.82, 2.24) is 16.0 Å². The smallest absolute Gasteiger partial charge is 0.326 e. The molecule has 12 heteroatoms. The predicted molar refractivity (Wildman–Crippen MR) is 137 cm³/mol. The SMILES string of the molecule is CC(C)CC(N)C(=O)NC(CCCCN)C(=O)NC(C(=O)NC(Cc1ccc(O)cc1)C(=O)O)C(C)O. The minimum absolute atomic E-state index is 0.00909. The number of carbonyl (C=O) groups is 4. The van der Waals surface area contributed by atoms with Crippen molar-refractivity contribution in [2.24, 2.45) is 17.4 Å². The Bertz CT molecular complexity index is 892. The number of hydrogen-bond acceptors (Lipinski definition) is 8. The molecule has 0 bridgehead atoms. The van der Waals surface area contributed by atoms with Crippen LogP contribution in [0, 0.1) is 5.92 Å². The molecule has 208 valence electrons. The standard InChI is InChI=1S/C25H41N5O7/c1-14(2)12-18(27)22(33)28-19(6-4-5-11-26)23(34)30-21(15(3)31)24(35)29-20(25(36)37)13-16-7-9-17(32)10-8-16/h7-10,14-15,18-21,31-32H,4-6,11-13,26-27H2,1-3H3,(H,28,33)(H,29,35)(H,30,34)(H,36,37). The Morgan fingerprint density at radius 1 is 0.892 bits per heavy atom. The van der Waals surface area contributed by atoms with E-state index >= 15 is 0 Å². The molecule has 1 rings (SSSR count). The summed E-state index contributed by atoms with van der Waals surface area (Å²) in [7, 11) is 0. The number of rotatable bonds is 16. The third kappa shape index (κ3) is 11.6. The number of nitrogens with two attached hydrogens (primary N) is 2. The van der Waals surface area contributed by atoms with Gasteiger partial charge >= 0.3 is 5.97 Å². The van der Waals surface area contributed by atoms with Crippen molar-refractivity contribution in [1.29, 1.82) is 0 Å². The molecule has 0 heterocycles. The van der Waals surface area contributed by atoms with Crippen molar-refractivity contribution in [3.63, 3.8) is 0 Å². The predicted octanol–water partition coefficient (Wildman–Crippen LogP) is -0.643. The normalized spacial score (nSPS) is 15.2. The lowest BCUT2D eigenvalue weighted by molar-refractivity contribution is -0.143. The van der Waals surface area contributed by atoms with Gasteiger partial charge in [-0.25, -0.2) is 4.79 Å². The van der Waals surface area contributed by atoms with Crippen molar-refractivity contribution in [3.8, 4) is 5.75 Å². The maximum atomic E-state index is 13.1. The number of hydrogen-bond donors (Lipinski definition) is 8. The summed E-state index contributed by atoms with van der Waals surface area (Å²) in [4.78, 5) is 50.2. The van der Waals surface area contributed by atoms with Gasteiger partial charge in [-0.05, 0) is 62.8 Å². The number of carboxylic acids is 1. The second-order valence-corrected chi connectivity index (χ2v) is 9.58. The van der Waals surface area contributed by atoms with E-state index in [1.165, 1.54) is 31.2 Å². The quantitative estimate of drug-likeness (QED) is 0.129. The number of nitrogens with one attached hydrogen (secondary N) is 3. The first-order valence-electron chi connectivity index (χ1n) is 12.4. The second-order valence-electron chi connectivity index (χ2n) is 9.58. The first-order chi connectivity index (χ1) is 17.3. The Balaban J connectivity index is 2.96. The van der Waals surface area contributed by atoms with Crippen LogP contribution in [-0.2, 0) is 25.6 Å². The molecule has 5 unspecified atom stereocenters. The highest BCUT2D eigenvalue weighted by molar-refractivity contribution is 5.94. The van der Waals surface area contributed by atoms with E-state index < -0.39 is 54.0 Å². The molecule has 37 heavy (non-hydrogen) atoms. The van der Waals surface area contributed by atoms with E-state index in [4.69, 9.17) is 11.5 Å². The minimum atomic E-state index is -1.48. The summed E-state index contributed by atoms with van der Waals surface area (Å²) < 4.78 is 0. The first-order valence-corrected chi connectivity index (χ1v) is 12.4. The summed E-state index contributed by atoms with van der Waals surface area (Å²) in [6.07, 6.45) is 0.321. The molecule has 0 aliphatic rings. The Hall–Kier alpha value is -3.22. The van der Waals surface area contributed by atoms with E-state index in [0.717, 1.165) is 0 Å². The molecule has 0 aromatic heterocycles. The van der Waals surface area contributed by atoms with Gasteiger partial charge in [0, 0.05) is 6.42 Å². The summed E-state index contributed by atoms with van der Waals surface area (Å²) in [5, 5.41) is 36.6. The van der Waals surface area contributed by atoms with Gasteiger partial charge in [0.15, 0.2) is 0 Å². The molecule has 0 aliphatic heterocycles. The zero-order valence-electron chi connectivity index (χ0n) is 21.6. The Morgan fingerprint density at radius 2 is 1.49 bits per heavy atom. The molecule has 3 amide bonds. The average molecular weight is 524 g/mol. The molecular weight excluding hydrogens is 482 g/mol. The number of phenolic OH excluding ortho intramolecular Hbond substituents is 1. The number of unbranched alkanes of at least 4 members (excludes halogenated alkanes) is 1. The molecule has 0 saturated carbocycles.